The zero-order valence-electron chi connectivity index (χ0n) is 11.9. The molecule has 1 fully saturated rings. The maximum Gasteiger partial charge on any atom is 0.0595 e. The SMILES string of the molecule is CCCCCC(C)(CN)N1CCC(OC)CC1. The molecule has 1 unspecified atom stereocenters. The first-order chi connectivity index (χ1) is 8.16. The summed E-state index contributed by atoms with van der Waals surface area (Å²) >= 11 is 0. The Morgan fingerprint density at radius 3 is 2.41 bits per heavy atom. The molecule has 0 aliphatic carbocycles. The molecule has 17 heavy (non-hydrogen) atoms. The van der Waals surface area contributed by atoms with E-state index in [-0.39, 0.29) is 5.54 Å². The Morgan fingerprint density at radius 2 is 1.94 bits per heavy atom. The van der Waals surface area contributed by atoms with E-state index < -0.39 is 0 Å². The molecule has 1 rings (SSSR count). The van der Waals surface area contributed by atoms with Crippen LogP contribution in [0.25, 0.3) is 0 Å². The number of rotatable bonds is 7. The van der Waals surface area contributed by atoms with Gasteiger partial charge in [-0.25, -0.2) is 0 Å². The lowest BCUT2D eigenvalue weighted by Crippen LogP contribution is -2.55. The van der Waals surface area contributed by atoms with Gasteiger partial charge in [-0.2, -0.15) is 0 Å². The fourth-order valence-electron chi connectivity index (χ4n) is 2.78. The minimum absolute atomic E-state index is 0.202. The van der Waals surface area contributed by atoms with E-state index in [1.807, 2.05) is 7.11 Å². The zero-order valence-corrected chi connectivity index (χ0v) is 11.9. The van der Waals surface area contributed by atoms with Gasteiger partial charge in [0.05, 0.1) is 6.10 Å². The Hall–Kier alpha value is -0.120. The van der Waals surface area contributed by atoms with Gasteiger partial charge in [0.2, 0.25) is 0 Å². The molecule has 0 radical (unpaired) electrons. The molecule has 3 heteroatoms. The number of unbranched alkanes of at least 4 members (excludes halogenated alkanes) is 2. The molecule has 1 heterocycles. The molecule has 3 nitrogen and oxygen atoms in total. The first-order valence-corrected chi connectivity index (χ1v) is 7.14. The standard InChI is InChI=1S/C14H30N2O/c1-4-5-6-9-14(2,12-15)16-10-7-13(17-3)8-11-16/h13H,4-12,15H2,1-3H3. The molecule has 1 atom stereocenters. The van der Waals surface area contributed by atoms with Gasteiger partial charge in [-0.15, -0.1) is 0 Å². The Kier molecular flexibility index (Phi) is 6.45. The Morgan fingerprint density at radius 1 is 1.29 bits per heavy atom. The van der Waals surface area contributed by atoms with E-state index in [1.54, 1.807) is 0 Å². The fourth-order valence-corrected chi connectivity index (χ4v) is 2.78. The van der Waals surface area contributed by atoms with Crippen LogP contribution in [0, 0.1) is 0 Å². The molecule has 1 aliphatic rings. The van der Waals surface area contributed by atoms with Crippen molar-refractivity contribution in [2.24, 2.45) is 5.73 Å². The summed E-state index contributed by atoms with van der Waals surface area (Å²) in [6.45, 7) is 7.63. The monoisotopic (exact) mass is 242 g/mol. The molecule has 0 amide bonds. The average molecular weight is 242 g/mol. The second kappa shape index (κ2) is 7.34. The summed E-state index contributed by atoms with van der Waals surface area (Å²) in [5.74, 6) is 0. The predicted molar refractivity (Wildman–Crippen MR) is 73.2 cm³/mol. The highest BCUT2D eigenvalue weighted by molar-refractivity contribution is 4.90. The zero-order chi connectivity index (χ0) is 12.7. The maximum absolute atomic E-state index is 6.01. The van der Waals surface area contributed by atoms with Crippen molar-refractivity contribution in [3.8, 4) is 0 Å². The minimum Gasteiger partial charge on any atom is -0.381 e. The normalized spacial score (nSPS) is 22.6. The van der Waals surface area contributed by atoms with Gasteiger partial charge < -0.3 is 10.5 Å². The molecular weight excluding hydrogens is 212 g/mol. The van der Waals surface area contributed by atoms with Crippen LogP contribution in [0.5, 0.6) is 0 Å². The van der Waals surface area contributed by atoms with Gasteiger partial charge in [-0.1, -0.05) is 26.2 Å². The second-order valence-corrected chi connectivity index (χ2v) is 5.58. The van der Waals surface area contributed by atoms with Crippen molar-refractivity contribution in [2.45, 2.75) is 64.0 Å². The van der Waals surface area contributed by atoms with Crippen LogP contribution in [0.4, 0.5) is 0 Å². The van der Waals surface area contributed by atoms with Gasteiger partial charge in [0.25, 0.3) is 0 Å². The summed E-state index contributed by atoms with van der Waals surface area (Å²) < 4.78 is 5.43. The summed E-state index contributed by atoms with van der Waals surface area (Å²) in [5.41, 5.74) is 6.22. The van der Waals surface area contributed by atoms with Crippen LogP contribution in [-0.2, 0) is 4.74 Å². The molecule has 0 aromatic carbocycles. The molecule has 102 valence electrons. The van der Waals surface area contributed by atoms with Crippen LogP contribution in [0.3, 0.4) is 0 Å². The van der Waals surface area contributed by atoms with Gasteiger partial charge in [0.1, 0.15) is 0 Å². The molecule has 0 spiro atoms. The van der Waals surface area contributed by atoms with Crippen LogP contribution in [-0.4, -0.2) is 43.3 Å². The molecule has 1 aliphatic heterocycles. The Bertz CT molecular complexity index is 202. The molecule has 2 N–H and O–H groups in total. The third kappa shape index (κ3) is 4.23. The number of hydrogen-bond donors (Lipinski definition) is 1. The van der Waals surface area contributed by atoms with E-state index in [0.717, 1.165) is 32.5 Å². The lowest BCUT2D eigenvalue weighted by atomic mass is 9.90. The number of likely N-dealkylation sites (tertiary alicyclic amines) is 1. The van der Waals surface area contributed by atoms with E-state index >= 15 is 0 Å². The third-order valence-corrected chi connectivity index (χ3v) is 4.30. The highest BCUT2D eigenvalue weighted by atomic mass is 16.5. The van der Waals surface area contributed by atoms with Gasteiger partial charge in [-0.3, -0.25) is 4.90 Å². The van der Waals surface area contributed by atoms with E-state index in [2.05, 4.69) is 18.7 Å². The summed E-state index contributed by atoms with van der Waals surface area (Å²) in [6, 6.07) is 0. The van der Waals surface area contributed by atoms with Crippen LogP contribution >= 0.6 is 0 Å². The van der Waals surface area contributed by atoms with E-state index in [9.17, 15) is 0 Å². The van der Waals surface area contributed by atoms with Crippen LogP contribution in [0.15, 0.2) is 0 Å². The number of nitrogens with two attached hydrogens (primary N) is 1. The number of hydrogen-bond acceptors (Lipinski definition) is 3. The summed E-state index contributed by atoms with van der Waals surface area (Å²) in [4.78, 5) is 2.58. The van der Waals surface area contributed by atoms with Gasteiger partial charge >= 0.3 is 0 Å². The number of piperidine rings is 1. The molecular formula is C14H30N2O. The first kappa shape index (κ1) is 14.9. The second-order valence-electron chi connectivity index (χ2n) is 5.58. The summed E-state index contributed by atoms with van der Waals surface area (Å²) in [6.07, 6.45) is 7.91. The number of ether oxygens (including phenoxy) is 1. The van der Waals surface area contributed by atoms with Crippen LogP contribution in [0.2, 0.25) is 0 Å². The molecule has 0 bridgehead atoms. The molecule has 0 aromatic rings. The largest absolute Gasteiger partial charge is 0.381 e. The topological polar surface area (TPSA) is 38.5 Å². The van der Waals surface area contributed by atoms with Crippen LogP contribution < -0.4 is 5.73 Å². The van der Waals surface area contributed by atoms with Crippen molar-refractivity contribution in [1.29, 1.82) is 0 Å². The molecule has 0 aromatic heterocycles. The highest BCUT2D eigenvalue weighted by Gasteiger charge is 2.32. The Balaban J connectivity index is 2.43. The van der Waals surface area contributed by atoms with Crippen molar-refractivity contribution in [2.75, 3.05) is 26.7 Å². The fraction of sp³-hybridized carbons (Fsp3) is 1.00. The predicted octanol–water partition coefficient (Wildman–Crippen LogP) is 2.39. The van der Waals surface area contributed by atoms with E-state index in [1.165, 1.54) is 25.7 Å². The van der Waals surface area contributed by atoms with Crippen molar-refractivity contribution in [3.63, 3.8) is 0 Å². The summed E-state index contributed by atoms with van der Waals surface area (Å²) in [5, 5.41) is 0. The quantitative estimate of drug-likeness (QED) is 0.697. The lowest BCUT2D eigenvalue weighted by molar-refractivity contribution is 0.000196. The van der Waals surface area contributed by atoms with Crippen molar-refractivity contribution >= 4 is 0 Å². The Labute approximate surface area is 107 Å². The van der Waals surface area contributed by atoms with Gasteiger partial charge in [0, 0.05) is 32.3 Å². The maximum atomic E-state index is 6.01. The van der Waals surface area contributed by atoms with Crippen molar-refractivity contribution in [1.82, 2.24) is 4.90 Å². The smallest absolute Gasteiger partial charge is 0.0595 e. The molecule has 0 saturated carbocycles. The third-order valence-electron chi connectivity index (χ3n) is 4.30. The highest BCUT2D eigenvalue weighted by Crippen LogP contribution is 2.26. The lowest BCUT2D eigenvalue weighted by Gasteiger charge is -2.44. The number of methoxy groups -OCH3 is 1. The molecule has 1 saturated heterocycles. The van der Waals surface area contributed by atoms with Crippen molar-refractivity contribution < 1.29 is 4.74 Å². The van der Waals surface area contributed by atoms with Crippen molar-refractivity contribution in [3.05, 3.63) is 0 Å². The summed E-state index contributed by atoms with van der Waals surface area (Å²) in [7, 11) is 1.82. The number of nitrogens with zero attached hydrogens (tertiary/aromatic N) is 1. The minimum atomic E-state index is 0.202. The van der Waals surface area contributed by atoms with E-state index in [0.29, 0.717) is 6.10 Å². The first-order valence-electron chi connectivity index (χ1n) is 7.14. The van der Waals surface area contributed by atoms with Gasteiger partial charge in [-0.05, 0) is 26.2 Å². The van der Waals surface area contributed by atoms with E-state index in [4.69, 9.17) is 10.5 Å². The average Bonchev–Trinajstić information content (AvgIpc) is 2.39. The van der Waals surface area contributed by atoms with Gasteiger partial charge in [0.15, 0.2) is 0 Å². The van der Waals surface area contributed by atoms with Crippen LogP contribution in [0.1, 0.15) is 52.4 Å².